The van der Waals surface area contributed by atoms with Crippen molar-refractivity contribution in [1.82, 2.24) is 10.2 Å². The van der Waals surface area contributed by atoms with E-state index in [0.29, 0.717) is 6.04 Å². The lowest BCUT2D eigenvalue weighted by molar-refractivity contribution is 0.0760. The van der Waals surface area contributed by atoms with Crippen LogP contribution in [0.2, 0.25) is 0 Å². The Morgan fingerprint density at radius 1 is 1.42 bits per heavy atom. The molecule has 1 aromatic carbocycles. The lowest BCUT2D eigenvalue weighted by atomic mass is 10.0. The number of hydrogen-bond acceptors (Lipinski definition) is 3. The number of nitrogens with zero attached hydrogens (tertiary/aromatic N) is 1. The van der Waals surface area contributed by atoms with E-state index in [1.807, 2.05) is 13.1 Å². The van der Waals surface area contributed by atoms with E-state index in [1.54, 1.807) is 0 Å². The maximum atomic E-state index is 9.38. The van der Waals surface area contributed by atoms with Crippen molar-refractivity contribution >= 4 is 15.9 Å². The molecule has 108 valence electrons. The fraction of sp³-hybridized carbons (Fsp3) is 0.600. The number of likely N-dealkylation sites (N-methyl/N-ethyl adjacent to an activating group) is 1. The molecule has 1 atom stereocenters. The second-order valence-electron chi connectivity index (χ2n) is 5.58. The molecule has 0 aromatic heterocycles. The van der Waals surface area contributed by atoms with Crippen LogP contribution in [0.5, 0.6) is 0 Å². The van der Waals surface area contributed by atoms with Crippen LogP contribution in [0.25, 0.3) is 0 Å². The molecule has 0 aliphatic carbocycles. The second kappa shape index (κ2) is 7.39. The summed E-state index contributed by atoms with van der Waals surface area (Å²) < 4.78 is 1.11. The number of aliphatic hydroxyl groups is 1. The molecule has 1 unspecified atom stereocenters. The zero-order valence-electron chi connectivity index (χ0n) is 12.3. The molecule has 0 saturated heterocycles. The van der Waals surface area contributed by atoms with E-state index >= 15 is 0 Å². The van der Waals surface area contributed by atoms with Crippen LogP contribution in [0.15, 0.2) is 28.7 Å². The van der Waals surface area contributed by atoms with Gasteiger partial charge in [-0.1, -0.05) is 28.1 Å². The van der Waals surface area contributed by atoms with E-state index in [1.165, 1.54) is 5.56 Å². The van der Waals surface area contributed by atoms with Crippen LogP contribution >= 0.6 is 15.9 Å². The third kappa shape index (κ3) is 4.88. The standard InChI is InChI=1S/C15H25BrN2O/c1-15(2,11-19)18(4)9-8-14(17-3)12-6-5-7-13(16)10-12/h5-7,10,14,17,19H,8-9,11H2,1-4H3. The Hall–Kier alpha value is -0.420. The van der Waals surface area contributed by atoms with Gasteiger partial charge in [0, 0.05) is 22.6 Å². The highest BCUT2D eigenvalue weighted by atomic mass is 79.9. The van der Waals surface area contributed by atoms with Gasteiger partial charge in [0.1, 0.15) is 0 Å². The average Bonchev–Trinajstić information content (AvgIpc) is 2.39. The molecule has 3 nitrogen and oxygen atoms in total. The van der Waals surface area contributed by atoms with E-state index < -0.39 is 0 Å². The first-order chi connectivity index (χ1) is 8.90. The van der Waals surface area contributed by atoms with Gasteiger partial charge in [-0.3, -0.25) is 4.90 Å². The van der Waals surface area contributed by atoms with Crippen LogP contribution < -0.4 is 5.32 Å². The van der Waals surface area contributed by atoms with Crippen LogP contribution in [-0.2, 0) is 0 Å². The molecule has 0 aliphatic heterocycles. The van der Waals surface area contributed by atoms with E-state index in [2.05, 4.69) is 65.2 Å². The van der Waals surface area contributed by atoms with Crippen LogP contribution in [0.1, 0.15) is 31.9 Å². The van der Waals surface area contributed by atoms with Crippen molar-refractivity contribution in [1.29, 1.82) is 0 Å². The molecule has 0 amide bonds. The lowest BCUT2D eigenvalue weighted by Gasteiger charge is -2.34. The maximum absolute atomic E-state index is 9.38. The summed E-state index contributed by atoms with van der Waals surface area (Å²) in [5.41, 5.74) is 1.11. The zero-order chi connectivity index (χ0) is 14.5. The Labute approximate surface area is 125 Å². The number of halogens is 1. The van der Waals surface area contributed by atoms with Crippen LogP contribution in [0.3, 0.4) is 0 Å². The quantitative estimate of drug-likeness (QED) is 0.807. The van der Waals surface area contributed by atoms with Crippen molar-refractivity contribution in [2.75, 3.05) is 27.2 Å². The van der Waals surface area contributed by atoms with E-state index in [4.69, 9.17) is 0 Å². The van der Waals surface area contributed by atoms with Crippen molar-refractivity contribution in [2.24, 2.45) is 0 Å². The van der Waals surface area contributed by atoms with Gasteiger partial charge in [0.05, 0.1) is 6.61 Å². The Kier molecular flexibility index (Phi) is 6.47. The minimum atomic E-state index is -0.171. The minimum Gasteiger partial charge on any atom is -0.394 e. The molecule has 1 aromatic rings. The van der Waals surface area contributed by atoms with Gasteiger partial charge in [-0.15, -0.1) is 0 Å². The number of benzene rings is 1. The molecule has 4 heteroatoms. The van der Waals surface area contributed by atoms with E-state index in [9.17, 15) is 5.11 Å². The molecule has 1 rings (SSSR count). The Morgan fingerprint density at radius 3 is 2.63 bits per heavy atom. The Bertz CT molecular complexity index is 395. The maximum Gasteiger partial charge on any atom is 0.0609 e. The Balaban J connectivity index is 2.64. The molecular weight excluding hydrogens is 304 g/mol. The minimum absolute atomic E-state index is 0.171. The van der Waals surface area contributed by atoms with Crippen molar-refractivity contribution in [2.45, 2.75) is 31.8 Å². The molecule has 0 bridgehead atoms. The van der Waals surface area contributed by atoms with Crippen LogP contribution in [0, 0.1) is 0 Å². The summed E-state index contributed by atoms with van der Waals surface area (Å²) in [5, 5.41) is 12.7. The summed E-state index contributed by atoms with van der Waals surface area (Å²) >= 11 is 3.51. The summed E-state index contributed by atoms with van der Waals surface area (Å²) in [7, 11) is 4.05. The van der Waals surface area contributed by atoms with Crippen molar-refractivity contribution in [3.8, 4) is 0 Å². The first-order valence-corrected chi connectivity index (χ1v) is 7.45. The first kappa shape index (κ1) is 16.6. The molecule has 19 heavy (non-hydrogen) atoms. The van der Waals surface area contributed by atoms with Crippen molar-refractivity contribution < 1.29 is 5.11 Å². The molecule has 0 saturated carbocycles. The fourth-order valence-corrected chi connectivity index (χ4v) is 2.36. The van der Waals surface area contributed by atoms with Crippen LogP contribution in [0.4, 0.5) is 0 Å². The van der Waals surface area contributed by atoms with Gasteiger partial charge in [-0.05, 0) is 52.1 Å². The van der Waals surface area contributed by atoms with Gasteiger partial charge in [-0.2, -0.15) is 0 Å². The number of hydrogen-bond donors (Lipinski definition) is 2. The highest BCUT2D eigenvalue weighted by Crippen LogP contribution is 2.22. The number of aliphatic hydroxyl groups excluding tert-OH is 1. The summed E-state index contributed by atoms with van der Waals surface area (Å²) in [6.45, 7) is 5.22. The summed E-state index contributed by atoms with van der Waals surface area (Å²) in [6.07, 6.45) is 1.01. The third-order valence-corrected chi connectivity index (χ3v) is 4.27. The SMILES string of the molecule is CNC(CCN(C)C(C)(C)CO)c1cccc(Br)c1. The molecule has 0 aliphatic rings. The highest BCUT2D eigenvalue weighted by Gasteiger charge is 2.23. The zero-order valence-corrected chi connectivity index (χ0v) is 13.9. The number of rotatable bonds is 7. The molecule has 0 fully saturated rings. The fourth-order valence-electron chi connectivity index (χ4n) is 1.95. The third-order valence-electron chi connectivity index (χ3n) is 3.77. The molecule has 2 N–H and O–H groups in total. The second-order valence-corrected chi connectivity index (χ2v) is 6.49. The lowest BCUT2D eigenvalue weighted by Crippen LogP contribution is -2.45. The topological polar surface area (TPSA) is 35.5 Å². The number of nitrogens with one attached hydrogen (secondary N) is 1. The normalized spacial score (nSPS) is 13.8. The van der Waals surface area contributed by atoms with E-state index in [0.717, 1.165) is 17.4 Å². The van der Waals surface area contributed by atoms with Gasteiger partial charge in [0.25, 0.3) is 0 Å². The smallest absolute Gasteiger partial charge is 0.0609 e. The first-order valence-electron chi connectivity index (χ1n) is 6.65. The van der Waals surface area contributed by atoms with Gasteiger partial charge in [0.2, 0.25) is 0 Å². The highest BCUT2D eigenvalue weighted by molar-refractivity contribution is 9.10. The van der Waals surface area contributed by atoms with Crippen LogP contribution in [-0.4, -0.2) is 42.8 Å². The molecule has 0 heterocycles. The molecular formula is C15H25BrN2O. The van der Waals surface area contributed by atoms with Crippen molar-refractivity contribution in [3.63, 3.8) is 0 Å². The predicted octanol–water partition coefficient (Wildman–Crippen LogP) is 2.80. The monoisotopic (exact) mass is 328 g/mol. The largest absolute Gasteiger partial charge is 0.394 e. The summed E-state index contributed by atoms with van der Waals surface area (Å²) in [4.78, 5) is 2.20. The average molecular weight is 329 g/mol. The van der Waals surface area contributed by atoms with Crippen molar-refractivity contribution in [3.05, 3.63) is 34.3 Å². The van der Waals surface area contributed by atoms with Gasteiger partial charge in [-0.25, -0.2) is 0 Å². The summed E-state index contributed by atoms with van der Waals surface area (Å²) in [6, 6.07) is 8.72. The van der Waals surface area contributed by atoms with Gasteiger partial charge >= 0.3 is 0 Å². The summed E-state index contributed by atoms with van der Waals surface area (Å²) in [5.74, 6) is 0. The predicted molar refractivity (Wildman–Crippen MR) is 84.4 cm³/mol. The van der Waals surface area contributed by atoms with E-state index in [-0.39, 0.29) is 12.1 Å². The van der Waals surface area contributed by atoms with Gasteiger partial charge in [0.15, 0.2) is 0 Å². The molecule has 0 radical (unpaired) electrons. The van der Waals surface area contributed by atoms with Gasteiger partial charge < -0.3 is 10.4 Å². The molecule has 0 spiro atoms. The Morgan fingerprint density at radius 2 is 2.11 bits per heavy atom.